The van der Waals surface area contributed by atoms with Crippen molar-refractivity contribution in [3.05, 3.63) is 157 Å². The Morgan fingerprint density at radius 1 is 0.333 bits per heavy atom. The lowest BCUT2D eigenvalue weighted by Gasteiger charge is -2.16. The molecule has 0 saturated carbocycles. The molecule has 0 spiro atoms. The summed E-state index contributed by atoms with van der Waals surface area (Å²) < 4.78 is 0. The molecule has 0 aliphatic heterocycles. The van der Waals surface area contributed by atoms with Gasteiger partial charge in [-0.2, -0.15) is 0 Å². The minimum Gasteiger partial charge on any atom is -0.507 e. The maximum absolute atomic E-state index is 11.4. The molecule has 6 aromatic rings. The van der Waals surface area contributed by atoms with Gasteiger partial charge in [0.15, 0.2) is 0 Å². The van der Waals surface area contributed by atoms with E-state index in [9.17, 15) is 10.2 Å². The second kappa shape index (κ2) is 10.7. The van der Waals surface area contributed by atoms with Gasteiger partial charge < -0.3 is 10.2 Å². The Labute approximate surface area is 229 Å². The van der Waals surface area contributed by atoms with Crippen molar-refractivity contribution in [2.24, 2.45) is 0 Å². The van der Waals surface area contributed by atoms with E-state index in [1.165, 1.54) is 0 Å². The zero-order valence-corrected chi connectivity index (χ0v) is 21.5. The van der Waals surface area contributed by atoms with Crippen molar-refractivity contribution in [3.63, 3.8) is 0 Å². The van der Waals surface area contributed by atoms with Gasteiger partial charge in [-0.05, 0) is 64.1 Å². The second-order valence-electron chi connectivity index (χ2n) is 9.72. The zero-order valence-electron chi connectivity index (χ0n) is 21.5. The minimum absolute atomic E-state index is 0.275. The summed E-state index contributed by atoms with van der Waals surface area (Å²) in [6.07, 6.45) is 0.639. The normalized spacial score (nSPS) is 10.9. The first-order valence-electron chi connectivity index (χ1n) is 13.1. The van der Waals surface area contributed by atoms with Gasteiger partial charge in [-0.3, -0.25) is 0 Å². The molecule has 0 unspecified atom stereocenters. The Balaban J connectivity index is 1.52. The highest BCUT2D eigenvalue weighted by Crippen LogP contribution is 2.42. The summed E-state index contributed by atoms with van der Waals surface area (Å²) in [5, 5.41) is 22.8. The van der Waals surface area contributed by atoms with Gasteiger partial charge >= 0.3 is 0 Å². The summed E-state index contributed by atoms with van der Waals surface area (Å²) in [4.78, 5) is 0. The molecule has 0 fully saturated rings. The van der Waals surface area contributed by atoms with Crippen LogP contribution in [0.5, 0.6) is 11.5 Å². The van der Waals surface area contributed by atoms with Gasteiger partial charge in [0.25, 0.3) is 0 Å². The van der Waals surface area contributed by atoms with Crippen molar-refractivity contribution >= 4 is 0 Å². The van der Waals surface area contributed by atoms with Crippen LogP contribution in [0, 0.1) is 0 Å². The molecule has 2 nitrogen and oxygen atoms in total. The molecular formula is C37H28O2. The largest absolute Gasteiger partial charge is 0.507 e. The van der Waals surface area contributed by atoms with E-state index in [2.05, 4.69) is 24.3 Å². The highest BCUT2D eigenvalue weighted by atomic mass is 16.3. The molecule has 0 aliphatic rings. The molecular weight excluding hydrogens is 476 g/mol. The molecule has 0 amide bonds. The lowest BCUT2D eigenvalue weighted by atomic mass is 9.89. The average molecular weight is 505 g/mol. The summed E-state index contributed by atoms with van der Waals surface area (Å²) in [6, 6.07) is 48.3. The van der Waals surface area contributed by atoms with Gasteiger partial charge in [-0.15, -0.1) is 0 Å². The van der Waals surface area contributed by atoms with Crippen LogP contribution in [0.2, 0.25) is 0 Å². The molecule has 6 rings (SSSR count). The fourth-order valence-electron chi connectivity index (χ4n) is 5.18. The molecule has 0 heterocycles. The predicted octanol–water partition coefficient (Wildman–Crippen LogP) is 9.36. The van der Waals surface area contributed by atoms with Gasteiger partial charge in [0.05, 0.1) is 0 Å². The smallest absolute Gasteiger partial charge is 0.131 e. The number of phenolic OH excluding ortho intramolecular Hbond substituents is 2. The molecule has 6 aromatic carbocycles. The summed E-state index contributed by atoms with van der Waals surface area (Å²) >= 11 is 0. The van der Waals surface area contributed by atoms with Gasteiger partial charge in [0.2, 0.25) is 0 Å². The standard InChI is InChI=1S/C37H28O2/c38-36-32(28-13-5-1-6-14-28)22-26(23-33(36)29-15-7-2-8-16-29)21-27-24-34(30-17-9-3-10-18-30)37(39)35(25-27)31-19-11-4-12-20-31/h1-20,22-25,38-39H,21H2. The third kappa shape index (κ3) is 5.05. The SMILES string of the molecule is Oc1c(-c2ccccc2)cc(Cc2cc(-c3ccccc3)c(O)c(-c3ccccc3)c2)cc1-c1ccccc1. The van der Waals surface area contributed by atoms with Crippen LogP contribution in [-0.2, 0) is 6.42 Å². The van der Waals surface area contributed by atoms with Crippen LogP contribution < -0.4 is 0 Å². The third-order valence-electron chi connectivity index (χ3n) is 7.09. The first-order chi connectivity index (χ1) is 19.2. The Morgan fingerprint density at radius 2 is 0.564 bits per heavy atom. The van der Waals surface area contributed by atoms with E-state index in [0.717, 1.165) is 55.6 Å². The Kier molecular flexibility index (Phi) is 6.67. The van der Waals surface area contributed by atoms with E-state index < -0.39 is 0 Å². The molecule has 0 radical (unpaired) electrons. The molecule has 0 aliphatic carbocycles. The van der Waals surface area contributed by atoms with Gasteiger partial charge in [-0.1, -0.05) is 121 Å². The molecule has 39 heavy (non-hydrogen) atoms. The Bertz CT molecular complexity index is 1460. The van der Waals surface area contributed by atoms with Crippen molar-refractivity contribution in [3.8, 4) is 56.0 Å². The molecule has 2 heteroatoms. The summed E-state index contributed by atoms with van der Waals surface area (Å²) in [6.45, 7) is 0. The number of phenols is 2. The van der Waals surface area contributed by atoms with E-state index in [1.807, 2.05) is 121 Å². The summed E-state index contributed by atoms with van der Waals surface area (Å²) in [7, 11) is 0. The maximum atomic E-state index is 11.4. The van der Waals surface area contributed by atoms with Crippen molar-refractivity contribution < 1.29 is 10.2 Å². The van der Waals surface area contributed by atoms with Crippen molar-refractivity contribution in [2.75, 3.05) is 0 Å². The van der Waals surface area contributed by atoms with Crippen LogP contribution in [0.25, 0.3) is 44.5 Å². The monoisotopic (exact) mass is 504 g/mol. The molecule has 2 N–H and O–H groups in total. The van der Waals surface area contributed by atoms with E-state index in [0.29, 0.717) is 6.42 Å². The molecule has 188 valence electrons. The highest BCUT2D eigenvalue weighted by Gasteiger charge is 2.17. The Hall–Kier alpha value is -5.08. The van der Waals surface area contributed by atoms with Crippen molar-refractivity contribution in [1.29, 1.82) is 0 Å². The fourth-order valence-corrected chi connectivity index (χ4v) is 5.18. The lowest BCUT2D eigenvalue weighted by molar-refractivity contribution is 0.479. The van der Waals surface area contributed by atoms with Crippen LogP contribution in [0.1, 0.15) is 11.1 Å². The molecule has 0 bridgehead atoms. The van der Waals surface area contributed by atoms with E-state index >= 15 is 0 Å². The van der Waals surface area contributed by atoms with Crippen LogP contribution in [-0.4, -0.2) is 10.2 Å². The zero-order chi connectivity index (χ0) is 26.6. The first kappa shape index (κ1) is 24.3. The number of rotatable bonds is 6. The number of benzene rings is 6. The highest BCUT2D eigenvalue weighted by molar-refractivity contribution is 5.85. The number of hydrogen-bond acceptors (Lipinski definition) is 2. The van der Waals surface area contributed by atoms with Crippen molar-refractivity contribution in [2.45, 2.75) is 6.42 Å². The molecule has 0 saturated heterocycles. The van der Waals surface area contributed by atoms with Crippen LogP contribution >= 0.6 is 0 Å². The molecule has 0 aromatic heterocycles. The fraction of sp³-hybridized carbons (Fsp3) is 0.0270. The predicted molar refractivity (Wildman–Crippen MR) is 161 cm³/mol. The van der Waals surface area contributed by atoms with E-state index in [4.69, 9.17) is 0 Å². The number of aromatic hydroxyl groups is 2. The van der Waals surface area contributed by atoms with Crippen LogP contribution in [0.4, 0.5) is 0 Å². The van der Waals surface area contributed by atoms with E-state index in [-0.39, 0.29) is 11.5 Å². The summed E-state index contributed by atoms with van der Waals surface area (Å²) in [5.74, 6) is 0.550. The van der Waals surface area contributed by atoms with Gasteiger partial charge in [0.1, 0.15) is 11.5 Å². The topological polar surface area (TPSA) is 40.5 Å². The average Bonchev–Trinajstić information content (AvgIpc) is 3.00. The van der Waals surface area contributed by atoms with Gasteiger partial charge in [0, 0.05) is 22.3 Å². The van der Waals surface area contributed by atoms with Crippen LogP contribution in [0.3, 0.4) is 0 Å². The minimum atomic E-state index is 0.275. The quantitative estimate of drug-likeness (QED) is 0.237. The maximum Gasteiger partial charge on any atom is 0.131 e. The first-order valence-corrected chi connectivity index (χ1v) is 13.1. The van der Waals surface area contributed by atoms with E-state index in [1.54, 1.807) is 0 Å². The summed E-state index contributed by atoms with van der Waals surface area (Å²) in [5.41, 5.74) is 9.24. The van der Waals surface area contributed by atoms with Crippen molar-refractivity contribution in [1.82, 2.24) is 0 Å². The lowest BCUT2D eigenvalue weighted by Crippen LogP contribution is -1.95. The Morgan fingerprint density at radius 3 is 0.795 bits per heavy atom. The second-order valence-corrected chi connectivity index (χ2v) is 9.72. The van der Waals surface area contributed by atoms with Crippen LogP contribution in [0.15, 0.2) is 146 Å². The third-order valence-corrected chi connectivity index (χ3v) is 7.09. The molecule has 0 atom stereocenters. The number of hydrogen-bond donors (Lipinski definition) is 2. The van der Waals surface area contributed by atoms with Gasteiger partial charge in [-0.25, -0.2) is 0 Å².